The molecule has 0 aliphatic rings. The molecule has 1 aromatic rings. The molecule has 2 N–H and O–H groups in total. The van der Waals surface area contributed by atoms with E-state index in [0.717, 1.165) is 0 Å². The van der Waals surface area contributed by atoms with E-state index in [1.165, 1.54) is 0 Å². The number of rotatable bonds is 2. The maximum atomic E-state index is 11.5. The molecule has 86 valence electrons. The molecule has 0 heterocycles. The lowest BCUT2D eigenvalue weighted by Gasteiger charge is -2.07. The number of amides is 2. The number of carbonyl (C=O) groups is 2. The second-order valence-corrected chi connectivity index (χ2v) is 3.37. The van der Waals surface area contributed by atoms with E-state index >= 15 is 0 Å². The largest absolute Gasteiger partial charge is 0.449 e. The Bertz CT molecular complexity index is 395. The molecule has 0 saturated heterocycles. The van der Waals surface area contributed by atoms with Gasteiger partial charge >= 0.3 is 6.09 Å². The van der Waals surface area contributed by atoms with Gasteiger partial charge in [0.1, 0.15) is 0 Å². The number of ether oxygens (including phenoxy) is 1. The van der Waals surface area contributed by atoms with Crippen molar-refractivity contribution >= 4 is 24.6 Å². The minimum absolute atomic E-state index is 0.244. The van der Waals surface area contributed by atoms with Crippen molar-refractivity contribution in [2.24, 2.45) is 0 Å². The Kier molecular flexibility index (Phi) is 4.65. The normalized spacial score (nSPS) is 9.38. The predicted octanol–water partition coefficient (Wildman–Crippen LogP) is 1.37. The monoisotopic (exact) mass is 240 g/mol. The Hall–Kier alpha value is -1.69. The molecule has 0 spiro atoms. The Labute approximate surface area is 98.6 Å². The van der Waals surface area contributed by atoms with Crippen LogP contribution in [0, 0.1) is 0 Å². The molecule has 0 saturated carbocycles. The summed E-state index contributed by atoms with van der Waals surface area (Å²) in [6, 6.07) is 6.65. The third kappa shape index (κ3) is 3.82. The molecule has 5 nitrogen and oxygen atoms in total. The molecule has 0 bridgehead atoms. The van der Waals surface area contributed by atoms with E-state index in [1.54, 1.807) is 31.2 Å². The summed E-state index contributed by atoms with van der Waals surface area (Å²) in [6.45, 7) is 1.92. The van der Waals surface area contributed by atoms with Gasteiger partial charge in [-0.25, -0.2) is 10.2 Å². The molecule has 0 atom stereocenters. The van der Waals surface area contributed by atoms with Crippen LogP contribution in [0.25, 0.3) is 0 Å². The van der Waals surface area contributed by atoms with Crippen LogP contribution >= 0.6 is 12.6 Å². The first-order valence-corrected chi connectivity index (χ1v) is 5.10. The van der Waals surface area contributed by atoms with E-state index in [-0.39, 0.29) is 6.61 Å². The number of nitrogens with one attached hydrogen (secondary N) is 2. The summed E-state index contributed by atoms with van der Waals surface area (Å²) in [5.74, 6) is -0.427. The summed E-state index contributed by atoms with van der Waals surface area (Å²) in [4.78, 5) is 23.0. The number of benzene rings is 1. The van der Waals surface area contributed by atoms with Crippen LogP contribution in [0.5, 0.6) is 0 Å². The first-order valence-electron chi connectivity index (χ1n) is 4.65. The van der Waals surface area contributed by atoms with Crippen molar-refractivity contribution < 1.29 is 14.3 Å². The highest BCUT2D eigenvalue weighted by molar-refractivity contribution is 7.80. The molecular weight excluding hydrogens is 228 g/mol. The van der Waals surface area contributed by atoms with Gasteiger partial charge in [-0.2, -0.15) is 0 Å². The van der Waals surface area contributed by atoms with Crippen LogP contribution < -0.4 is 10.9 Å². The van der Waals surface area contributed by atoms with Gasteiger partial charge < -0.3 is 4.74 Å². The zero-order valence-corrected chi connectivity index (χ0v) is 9.58. The predicted molar refractivity (Wildman–Crippen MR) is 61.3 cm³/mol. The summed E-state index contributed by atoms with van der Waals surface area (Å²) in [6.07, 6.45) is -0.696. The lowest BCUT2D eigenvalue weighted by Crippen LogP contribution is -2.41. The Balaban J connectivity index is 2.50. The highest BCUT2D eigenvalue weighted by Gasteiger charge is 2.07. The van der Waals surface area contributed by atoms with Crippen LogP contribution in [0.15, 0.2) is 29.2 Å². The van der Waals surface area contributed by atoms with Crippen LogP contribution in [-0.4, -0.2) is 18.6 Å². The second kappa shape index (κ2) is 6.02. The number of hydrazine groups is 1. The lowest BCUT2D eigenvalue weighted by atomic mass is 10.2. The summed E-state index contributed by atoms with van der Waals surface area (Å²) in [5, 5.41) is 0. The molecule has 0 aliphatic heterocycles. The first-order chi connectivity index (χ1) is 7.63. The molecule has 16 heavy (non-hydrogen) atoms. The third-order valence-electron chi connectivity index (χ3n) is 1.66. The number of thiol groups is 1. The fourth-order valence-electron chi connectivity index (χ4n) is 0.994. The van der Waals surface area contributed by atoms with Crippen molar-refractivity contribution in [2.75, 3.05) is 6.61 Å². The third-order valence-corrected chi connectivity index (χ3v) is 1.94. The number of hydrogen-bond donors (Lipinski definition) is 3. The Morgan fingerprint density at radius 1 is 1.38 bits per heavy atom. The van der Waals surface area contributed by atoms with E-state index in [1.807, 2.05) is 0 Å². The van der Waals surface area contributed by atoms with Gasteiger partial charge in [-0.1, -0.05) is 6.07 Å². The van der Waals surface area contributed by atoms with Crippen molar-refractivity contribution in [1.82, 2.24) is 10.9 Å². The average Bonchev–Trinajstić information content (AvgIpc) is 2.26. The van der Waals surface area contributed by atoms with Gasteiger partial charge in [-0.3, -0.25) is 10.2 Å². The average molecular weight is 240 g/mol. The van der Waals surface area contributed by atoms with Crippen LogP contribution in [0.2, 0.25) is 0 Å². The van der Waals surface area contributed by atoms with Crippen LogP contribution in [0.1, 0.15) is 17.3 Å². The number of carbonyl (C=O) groups excluding carboxylic acids is 2. The summed E-state index contributed by atoms with van der Waals surface area (Å²) < 4.78 is 4.57. The van der Waals surface area contributed by atoms with Gasteiger partial charge in [0.25, 0.3) is 5.91 Å². The summed E-state index contributed by atoms with van der Waals surface area (Å²) in [7, 11) is 0. The van der Waals surface area contributed by atoms with Crippen molar-refractivity contribution in [3.8, 4) is 0 Å². The van der Waals surface area contributed by atoms with Gasteiger partial charge in [-0.15, -0.1) is 12.6 Å². The van der Waals surface area contributed by atoms with Crippen molar-refractivity contribution in [3.05, 3.63) is 29.8 Å². The number of hydrogen-bond acceptors (Lipinski definition) is 4. The van der Waals surface area contributed by atoms with Crippen molar-refractivity contribution in [1.29, 1.82) is 0 Å². The van der Waals surface area contributed by atoms with E-state index in [9.17, 15) is 9.59 Å². The molecule has 0 unspecified atom stereocenters. The molecule has 6 heteroatoms. The molecule has 0 fully saturated rings. The van der Waals surface area contributed by atoms with Gasteiger partial charge in [0.2, 0.25) is 0 Å². The van der Waals surface area contributed by atoms with E-state index in [2.05, 4.69) is 28.2 Å². The molecule has 2 amide bonds. The second-order valence-electron chi connectivity index (χ2n) is 2.85. The quantitative estimate of drug-likeness (QED) is 0.540. The van der Waals surface area contributed by atoms with Crippen LogP contribution in [0.4, 0.5) is 4.79 Å². The van der Waals surface area contributed by atoms with Crippen LogP contribution in [0.3, 0.4) is 0 Å². The van der Waals surface area contributed by atoms with Crippen LogP contribution in [-0.2, 0) is 4.74 Å². The highest BCUT2D eigenvalue weighted by atomic mass is 32.1. The van der Waals surface area contributed by atoms with E-state index < -0.39 is 12.0 Å². The molecule has 0 radical (unpaired) electrons. The van der Waals surface area contributed by atoms with Gasteiger partial charge in [0, 0.05) is 10.5 Å². The van der Waals surface area contributed by atoms with Gasteiger partial charge in [0.15, 0.2) is 0 Å². The zero-order chi connectivity index (χ0) is 12.0. The maximum Gasteiger partial charge on any atom is 0.426 e. The van der Waals surface area contributed by atoms with E-state index in [0.29, 0.717) is 10.5 Å². The SMILES string of the molecule is CCOC(=O)NNC(=O)c1cccc(S)c1. The fourth-order valence-corrected chi connectivity index (χ4v) is 1.22. The van der Waals surface area contributed by atoms with Gasteiger partial charge in [-0.05, 0) is 25.1 Å². The summed E-state index contributed by atoms with van der Waals surface area (Å²) in [5.41, 5.74) is 4.74. The summed E-state index contributed by atoms with van der Waals surface area (Å²) >= 11 is 4.10. The highest BCUT2D eigenvalue weighted by Crippen LogP contribution is 2.08. The molecule has 1 rings (SSSR count). The molecule has 0 aromatic heterocycles. The van der Waals surface area contributed by atoms with Crippen molar-refractivity contribution in [2.45, 2.75) is 11.8 Å². The van der Waals surface area contributed by atoms with E-state index in [4.69, 9.17) is 0 Å². The minimum Gasteiger partial charge on any atom is -0.449 e. The molecule has 1 aromatic carbocycles. The molecule has 0 aliphatic carbocycles. The minimum atomic E-state index is -0.696. The fraction of sp³-hybridized carbons (Fsp3) is 0.200. The standard InChI is InChI=1S/C10H12N2O3S/c1-2-15-10(14)12-11-9(13)7-4-3-5-8(16)6-7/h3-6,16H,2H2,1H3,(H,11,13)(H,12,14). The smallest absolute Gasteiger partial charge is 0.426 e. The zero-order valence-electron chi connectivity index (χ0n) is 8.69. The molecular formula is C10H12N2O3S. The lowest BCUT2D eigenvalue weighted by molar-refractivity contribution is 0.0912. The topological polar surface area (TPSA) is 67.4 Å². The Morgan fingerprint density at radius 2 is 2.12 bits per heavy atom. The Morgan fingerprint density at radius 3 is 2.75 bits per heavy atom. The van der Waals surface area contributed by atoms with Gasteiger partial charge in [0.05, 0.1) is 6.61 Å². The van der Waals surface area contributed by atoms with Crippen molar-refractivity contribution in [3.63, 3.8) is 0 Å². The first kappa shape index (κ1) is 12.4. The maximum absolute atomic E-state index is 11.5.